The third kappa shape index (κ3) is 7.07. The van der Waals surface area contributed by atoms with Gasteiger partial charge in [0.25, 0.3) is 5.91 Å². The van der Waals surface area contributed by atoms with Crippen LogP contribution < -0.4 is 21.6 Å². The fraction of sp³-hybridized carbons (Fsp3) is 0.286. The standard InChI is InChI=1S/C28H28Cl2N6O6/c1-16(37)35-28(18-6-3-2-4-7-18)10-12-36(13-11-28)27(42)32-21(25(39)40)14-17-15-31-26(41)34-23(17)33-24(38)22-19(29)8-5-9-20(22)30/h2-9,15,21H,10-14H2,1H3,(H,32,42)(H,35,37)(H,39,40)(H2,31,33,34,38,41). The molecule has 4 amide bonds. The number of rotatable bonds is 8. The lowest BCUT2D eigenvalue weighted by Gasteiger charge is -2.42. The number of amides is 4. The highest BCUT2D eigenvalue weighted by molar-refractivity contribution is 6.40. The van der Waals surface area contributed by atoms with Crippen LogP contribution in [0, 0.1) is 0 Å². The number of urea groups is 1. The highest BCUT2D eigenvalue weighted by Crippen LogP contribution is 2.33. The number of H-pyrrole nitrogens is 1. The van der Waals surface area contributed by atoms with Crippen molar-refractivity contribution in [3.8, 4) is 0 Å². The van der Waals surface area contributed by atoms with Gasteiger partial charge >= 0.3 is 17.7 Å². The van der Waals surface area contributed by atoms with Crippen molar-refractivity contribution in [2.75, 3.05) is 18.4 Å². The summed E-state index contributed by atoms with van der Waals surface area (Å²) in [6.45, 7) is 1.95. The lowest BCUT2D eigenvalue weighted by atomic mass is 9.81. The van der Waals surface area contributed by atoms with Gasteiger partial charge < -0.3 is 30.9 Å². The van der Waals surface area contributed by atoms with E-state index in [-0.39, 0.29) is 52.4 Å². The first-order valence-electron chi connectivity index (χ1n) is 13.0. The van der Waals surface area contributed by atoms with Gasteiger partial charge in [0.05, 0.1) is 21.1 Å². The lowest BCUT2D eigenvalue weighted by molar-refractivity contribution is -0.139. The molecule has 3 aromatic rings. The van der Waals surface area contributed by atoms with Gasteiger partial charge in [0, 0.05) is 38.2 Å². The quantitative estimate of drug-likeness (QED) is 0.259. The Labute approximate surface area is 250 Å². The minimum atomic E-state index is -1.43. The molecule has 1 aromatic heterocycles. The van der Waals surface area contributed by atoms with E-state index in [9.17, 15) is 29.1 Å². The number of nitrogens with zero attached hydrogens (tertiary/aromatic N) is 2. The van der Waals surface area contributed by atoms with Crippen molar-refractivity contribution < 1.29 is 24.3 Å². The lowest BCUT2D eigenvalue weighted by Crippen LogP contribution is -2.56. The minimum Gasteiger partial charge on any atom is -0.480 e. The number of benzene rings is 2. The second kappa shape index (κ2) is 13.0. The molecule has 2 heterocycles. The highest BCUT2D eigenvalue weighted by Gasteiger charge is 2.38. The van der Waals surface area contributed by atoms with Crippen LogP contribution in [0.1, 0.15) is 41.3 Å². The number of aliphatic carboxylic acids is 1. The molecule has 0 spiro atoms. The Morgan fingerprint density at radius 3 is 2.29 bits per heavy atom. The number of aromatic nitrogens is 2. The molecular weight excluding hydrogens is 587 g/mol. The molecule has 220 valence electrons. The third-order valence-electron chi connectivity index (χ3n) is 6.97. The summed E-state index contributed by atoms with van der Waals surface area (Å²) < 4.78 is 0. The number of halogens is 2. The van der Waals surface area contributed by atoms with Crippen molar-refractivity contribution >= 4 is 52.8 Å². The number of aromatic amines is 1. The van der Waals surface area contributed by atoms with Gasteiger partial charge in [-0.2, -0.15) is 4.98 Å². The molecule has 1 aliphatic rings. The number of nitrogens with one attached hydrogen (secondary N) is 4. The molecule has 2 aromatic carbocycles. The van der Waals surface area contributed by atoms with E-state index in [2.05, 4.69) is 25.9 Å². The van der Waals surface area contributed by atoms with Crippen molar-refractivity contribution in [3.63, 3.8) is 0 Å². The topological polar surface area (TPSA) is 174 Å². The van der Waals surface area contributed by atoms with E-state index < -0.39 is 35.2 Å². The minimum absolute atomic E-state index is 0.0482. The number of carboxylic acids is 1. The summed E-state index contributed by atoms with van der Waals surface area (Å²) in [5.41, 5.74) is -0.430. The average Bonchev–Trinajstić information content (AvgIpc) is 2.94. The summed E-state index contributed by atoms with van der Waals surface area (Å²) in [5, 5.41) is 18.0. The Hall–Kier alpha value is -4.42. The maximum absolute atomic E-state index is 13.1. The first-order chi connectivity index (χ1) is 20.0. The molecule has 14 heteroatoms. The normalized spacial score (nSPS) is 14.9. The maximum atomic E-state index is 13.1. The second-order valence-corrected chi connectivity index (χ2v) is 10.6. The van der Waals surface area contributed by atoms with Crippen molar-refractivity contribution in [1.29, 1.82) is 0 Å². The van der Waals surface area contributed by atoms with Gasteiger partial charge in [-0.05, 0) is 30.5 Å². The summed E-state index contributed by atoms with van der Waals surface area (Å²) in [7, 11) is 0. The zero-order valence-corrected chi connectivity index (χ0v) is 24.0. The molecule has 42 heavy (non-hydrogen) atoms. The van der Waals surface area contributed by atoms with Gasteiger partial charge in [-0.25, -0.2) is 14.4 Å². The van der Waals surface area contributed by atoms with E-state index in [0.717, 1.165) is 5.56 Å². The van der Waals surface area contributed by atoms with E-state index >= 15 is 0 Å². The molecule has 1 unspecified atom stereocenters. The average molecular weight is 615 g/mol. The zero-order chi connectivity index (χ0) is 30.4. The molecule has 1 aliphatic heterocycles. The molecule has 12 nitrogen and oxygen atoms in total. The molecule has 1 saturated heterocycles. The number of carboxylic acid groups (broad SMARTS) is 1. The Balaban J connectivity index is 1.48. The summed E-state index contributed by atoms with van der Waals surface area (Å²) in [5.74, 6) is -2.50. The van der Waals surface area contributed by atoms with E-state index in [4.69, 9.17) is 23.2 Å². The summed E-state index contributed by atoms with van der Waals surface area (Å²) in [6, 6.07) is 11.9. The van der Waals surface area contributed by atoms with Crippen molar-refractivity contribution in [2.24, 2.45) is 0 Å². The first kappa shape index (κ1) is 30.5. The Morgan fingerprint density at radius 1 is 1.05 bits per heavy atom. The van der Waals surface area contributed by atoms with Crippen LogP contribution in [0.4, 0.5) is 10.6 Å². The fourth-order valence-electron chi connectivity index (χ4n) is 4.90. The molecular formula is C28H28Cl2N6O6. The van der Waals surface area contributed by atoms with Crippen LogP contribution in [-0.2, 0) is 21.5 Å². The molecule has 0 bridgehead atoms. The number of piperidine rings is 1. The SMILES string of the molecule is CC(=O)NC1(c2ccccc2)CCN(C(=O)NC(Cc2c[nH]c(=O)nc2NC(=O)c2c(Cl)cccc2Cl)C(=O)O)CC1. The van der Waals surface area contributed by atoms with Crippen LogP contribution in [0.2, 0.25) is 10.0 Å². The molecule has 1 atom stereocenters. The van der Waals surface area contributed by atoms with E-state index in [1.54, 1.807) is 6.07 Å². The molecule has 1 fully saturated rings. The van der Waals surface area contributed by atoms with Gasteiger partial charge in [-0.15, -0.1) is 0 Å². The van der Waals surface area contributed by atoms with E-state index in [1.807, 2.05) is 30.3 Å². The monoisotopic (exact) mass is 614 g/mol. The third-order valence-corrected chi connectivity index (χ3v) is 7.60. The molecule has 5 N–H and O–H groups in total. The number of likely N-dealkylation sites (tertiary alicyclic amines) is 1. The molecule has 0 aliphatic carbocycles. The van der Waals surface area contributed by atoms with Gasteiger partial charge in [-0.1, -0.05) is 59.6 Å². The van der Waals surface area contributed by atoms with Crippen LogP contribution >= 0.6 is 23.2 Å². The predicted octanol–water partition coefficient (Wildman–Crippen LogP) is 3.16. The van der Waals surface area contributed by atoms with E-state index in [0.29, 0.717) is 12.8 Å². The summed E-state index contributed by atoms with van der Waals surface area (Å²) in [4.78, 5) is 69.7. The van der Waals surface area contributed by atoms with Crippen LogP contribution in [0.25, 0.3) is 0 Å². The van der Waals surface area contributed by atoms with Crippen molar-refractivity contribution in [2.45, 2.75) is 37.8 Å². The largest absolute Gasteiger partial charge is 0.480 e. The summed E-state index contributed by atoms with van der Waals surface area (Å²) in [6.07, 6.45) is 1.74. The molecule has 0 radical (unpaired) electrons. The van der Waals surface area contributed by atoms with Crippen molar-refractivity contribution in [1.82, 2.24) is 25.5 Å². The molecule has 4 rings (SSSR count). The zero-order valence-electron chi connectivity index (χ0n) is 22.4. The predicted molar refractivity (Wildman–Crippen MR) is 156 cm³/mol. The second-order valence-electron chi connectivity index (χ2n) is 9.79. The number of anilines is 1. The van der Waals surface area contributed by atoms with Gasteiger partial charge in [0.1, 0.15) is 11.9 Å². The van der Waals surface area contributed by atoms with Crippen LogP contribution in [-0.4, -0.2) is 62.9 Å². The number of hydrogen-bond acceptors (Lipinski definition) is 6. The summed E-state index contributed by atoms with van der Waals surface area (Å²) >= 11 is 12.2. The fourth-order valence-corrected chi connectivity index (χ4v) is 5.47. The first-order valence-corrected chi connectivity index (χ1v) is 13.7. The number of hydrogen-bond donors (Lipinski definition) is 5. The smallest absolute Gasteiger partial charge is 0.346 e. The van der Waals surface area contributed by atoms with Crippen LogP contribution in [0.5, 0.6) is 0 Å². The van der Waals surface area contributed by atoms with Gasteiger partial charge in [0.15, 0.2) is 0 Å². The Bertz CT molecular complexity index is 1540. The van der Waals surface area contributed by atoms with Crippen LogP contribution in [0.3, 0.4) is 0 Å². The van der Waals surface area contributed by atoms with Crippen molar-refractivity contribution in [3.05, 3.63) is 91.9 Å². The van der Waals surface area contributed by atoms with E-state index in [1.165, 1.54) is 30.2 Å². The van der Waals surface area contributed by atoms with Gasteiger partial charge in [-0.3, -0.25) is 9.59 Å². The highest BCUT2D eigenvalue weighted by atomic mass is 35.5. The number of carbonyl (C=O) groups is 4. The Kier molecular flexibility index (Phi) is 9.48. The number of carbonyl (C=O) groups excluding carboxylic acids is 3. The Morgan fingerprint density at radius 2 is 1.69 bits per heavy atom. The molecule has 0 saturated carbocycles. The van der Waals surface area contributed by atoms with Gasteiger partial charge in [0.2, 0.25) is 5.91 Å². The van der Waals surface area contributed by atoms with Crippen LogP contribution in [0.15, 0.2) is 59.5 Å². The maximum Gasteiger partial charge on any atom is 0.346 e.